The first-order valence-corrected chi connectivity index (χ1v) is 22.5. The summed E-state index contributed by atoms with van der Waals surface area (Å²) in [5, 5.41) is 11.6. The highest BCUT2D eigenvalue weighted by Crippen LogP contribution is 2.13. The molecule has 2 unspecified atom stereocenters. The molecule has 0 radical (unpaired) electrons. The van der Waals surface area contributed by atoms with Crippen molar-refractivity contribution in [3.05, 3.63) is 72.9 Å². The second-order valence-electron chi connectivity index (χ2n) is 15.9. The summed E-state index contributed by atoms with van der Waals surface area (Å²) in [4.78, 5) is 36.8. The minimum absolute atomic E-state index is 0.00339. The zero-order valence-corrected chi connectivity index (χ0v) is 37.0. The number of hydrogen-bond acceptors (Lipinski definition) is 7. The van der Waals surface area contributed by atoms with E-state index in [1.54, 1.807) is 27.2 Å². The Kier molecular flexibility index (Phi) is 37.3. The molecule has 326 valence electrons. The maximum atomic E-state index is 12.6. The third-order valence-corrected chi connectivity index (χ3v) is 9.61. The molecule has 8 nitrogen and oxygen atoms in total. The number of carboxylic acid groups (broad SMARTS) is 1. The molecule has 0 aromatic rings. The van der Waals surface area contributed by atoms with Crippen molar-refractivity contribution in [2.75, 3.05) is 41.0 Å². The highest BCUT2D eigenvalue weighted by Gasteiger charge is 2.25. The van der Waals surface area contributed by atoms with E-state index < -0.39 is 24.1 Å². The Morgan fingerprint density at radius 1 is 0.561 bits per heavy atom. The van der Waals surface area contributed by atoms with Crippen LogP contribution >= 0.6 is 0 Å². The van der Waals surface area contributed by atoms with Crippen LogP contribution in [0.1, 0.15) is 168 Å². The summed E-state index contributed by atoms with van der Waals surface area (Å²) in [6, 6.07) is -0.745. The van der Waals surface area contributed by atoms with Crippen molar-refractivity contribution < 1.29 is 38.2 Å². The zero-order valence-electron chi connectivity index (χ0n) is 37.0. The number of carbonyl (C=O) groups is 3. The zero-order chi connectivity index (χ0) is 42.1. The molecule has 0 fully saturated rings. The lowest BCUT2D eigenvalue weighted by Crippen LogP contribution is -2.55. The minimum atomic E-state index is -1.14. The predicted molar refractivity (Wildman–Crippen MR) is 235 cm³/mol. The van der Waals surface area contributed by atoms with Gasteiger partial charge < -0.3 is 28.6 Å². The Hall–Kier alpha value is -3.23. The summed E-state index contributed by atoms with van der Waals surface area (Å²) in [5.74, 6) is -1.91. The van der Waals surface area contributed by atoms with Gasteiger partial charge in [0.15, 0.2) is 6.10 Å². The summed E-state index contributed by atoms with van der Waals surface area (Å²) >= 11 is 0. The van der Waals surface area contributed by atoms with Crippen molar-refractivity contribution in [2.24, 2.45) is 0 Å². The molecular formula is C49H83NO7. The first kappa shape index (κ1) is 53.8. The summed E-state index contributed by atoms with van der Waals surface area (Å²) in [5.41, 5.74) is 0. The maximum absolute atomic E-state index is 12.6. The van der Waals surface area contributed by atoms with Gasteiger partial charge >= 0.3 is 11.9 Å². The molecule has 8 heteroatoms. The molecule has 0 spiro atoms. The predicted octanol–water partition coefficient (Wildman–Crippen LogP) is 11.0. The molecule has 57 heavy (non-hydrogen) atoms. The van der Waals surface area contributed by atoms with Gasteiger partial charge in [0.25, 0.3) is 0 Å². The topological polar surface area (TPSA) is 102 Å². The molecule has 0 aromatic carbocycles. The number of allylic oxidation sites excluding steroid dienone is 11. The first-order valence-electron chi connectivity index (χ1n) is 22.5. The summed E-state index contributed by atoms with van der Waals surface area (Å²) in [6.45, 7) is 4.42. The second kappa shape index (κ2) is 39.6. The Bertz CT molecular complexity index is 1160. The van der Waals surface area contributed by atoms with Crippen molar-refractivity contribution in [2.45, 2.75) is 180 Å². The number of carboxylic acids is 1. The lowest BCUT2D eigenvalue weighted by atomic mass is 10.1. The number of quaternary nitrogens is 1. The Balaban J connectivity index is 4.45. The SMILES string of the molecule is CC/C=C\C/C=C\C/C=C\C/C=C\C/C=C\CC(=O)OC(COCCC(C(=O)[O-])[N+](C)(C)C)COC(=O)CCCCCCCCC/C=C\CCCCCCCCC. The van der Waals surface area contributed by atoms with E-state index in [0.29, 0.717) is 12.8 Å². The van der Waals surface area contributed by atoms with E-state index in [9.17, 15) is 19.5 Å². The van der Waals surface area contributed by atoms with Gasteiger partial charge in [0.2, 0.25) is 0 Å². The maximum Gasteiger partial charge on any atom is 0.310 e. The number of rotatable bonds is 39. The van der Waals surface area contributed by atoms with E-state index in [1.807, 2.05) is 6.08 Å². The third kappa shape index (κ3) is 38.1. The average Bonchev–Trinajstić information content (AvgIpc) is 3.17. The van der Waals surface area contributed by atoms with Gasteiger partial charge in [-0.1, -0.05) is 157 Å². The van der Waals surface area contributed by atoms with Gasteiger partial charge in [-0.15, -0.1) is 0 Å². The number of carbonyl (C=O) groups excluding carboxylic acids is 3. The van der Waals surface area contributed by atoms with Gasteiger partial charge in [-0.05, 0) is 64.2 Å². The molecule has 0 saturated carbocycles. The van der Waals surface area contributed by atoms with Gasteiger partial charge in [-0.25, -0.2) is 0 Å². The van der Waals surface area contributed by atoms with Gasteiger partial charge in [0.1, 0.15) is 12.6 Å². The highest BCUT2D eigenvalue weighted by molar-refractivity contribution is 5.71. The van der Waals surface area contributed by atoms with E-state index in [4.69, 9.17) is 14.2 Å². The molecule has 0 amide bonds. The lowest BCUT2D eigenvalue weighted by molar-refractivity contribution is -0.889. The smallest absolute Gasteiger partial charge is 0.310 e. The standard InChI is InChI=1S/C49H83NO7/c1-6-8-10-12-14-16-18-20-22-23-24-26-27-29-31-33-35-37-39-47(51)56-44-45(43-55-42-41-46(49(53)54)50(3,4)5)57-48(52)40-38-36-34-32-30-28-25-21-19-17-15-13-11-9-7-2/h9,11,15,17,21-23,25,30,32,36,38,45-46H,6-8,10,12-14,16,18-20,24,26-29,31,33-35,37,39-44H2,1-5H3/b11-9-,17-15-,23-22-,25-21-,32-30-,38-36-. The lowest BCUT2D eigenvalue weighted by Gasteiger charge is -2.34. The van der Waals surface area contributed by atoms with Crippen LogP contribution < -0.4 is 5.11 Å². The summed E-state index contributed by atoms with van der Waals surface area (Å²) in [7, 11) is 5.37. The number of hydrogen-bond donors (Lipinski definition) is 0. The molecular weight excluding hydrogens is 715 g/mol. The quantitative estimate of drug-likeness (QED) is 0.0264. The van der Waals surface area contributed by atoms with Crippen LogP contribution in [0.4, 0.5) is 0 Å². The van der Waals surface area contributed by atoms with Crippen LogP contribution in [0.2, 0.25) is 0 Å². The van der Waals surface area contributed by atoms with E-state index >= 15 is 0 Å². The van der Waals surface area contributed by atoms with Crippen LogP contribution in [-0.4, -0.2) is 75.5 Å². The number of likely N-dealkylation sites (N-methyl/N-ethyl adjacent to an activating group) is 1. The van der Waals surface area contributed by atoms with Crippen LogP contribution in [0.15, 0.2) is 72.9 Å². The van der Waals surface area contributed by atoms with Crippen LogP contribution in [-0.2, 0) is 28.6 Å². The molecule has 0 saturated heterocycles. The van der Waals surface area contributed by atoms with Crippen molar-refractivity contribution >= 4 is 17.9 Å². The molecule has 0 N–H and O–H groups in total. The number of esters is 2. The fraction of sp³-hybridized carbons (Fsp3) is 0.694. The Labute approximate surface area is 349 Å². The second-order valence-corrected chi connectivity index (χ2v) is 15.9. The van der Waals surface area contributed by atoms with E-state index in [0.717, 1.165) is 44.9 Å². The summed E-state index contributed by atoms with van der Waals surface area (Å²) in [6.07, 6.45) is 49.6. The first-order chi connectivity index (χ1) is 27.6. The minimum Gasteiger partial charge on any atom is -0.544 e. The van der Waals surface area contributed by atoms with Gasteiger partial charge in [-0.3, -0.25) is 9.59 Å². The number of nitrogens with zero attached hydrogens (tertiary/aromatic N) is 1. The molecule has 2 atom stereocenters. The molecule has 0 aliphatic heterocycles. The van der Waals surface area contributed by atoms with Crippen LogP contribution in [0.25, 0.3) is 0 Å². The molecule has 0 heterocycles. The number of aliphatic carboxylic acids is 1. The molecule has 0 aliphatic carbocycles. The molecule has 0 aliphatic rings. The Morgan fingerprint density at radius 3 is 1.53 bits per heavy atom. The number of unbranched alkanes of at least 4 members (excludes halogenated alkanes) is 14. The van der Waals surface area contributed by atoms with E-state index in [2.05, 4.69) is 74.6 Å². The van der Waals surface area contributed by atoms with E-state index in [-0.39, 0.29) is 43.1 Å². The Morgan fingerprint density at radius 2 is 1.04 bits per heavy atom. The van der Waals surface area contributed by atoms with Gasteiger partial charge in [0.05, 0.1) is 46.7 Å². The fourth-order valence-electron chi connectivity index (χ4n) is 6.14. The van der Waals surface area contributed by atoms with Crippen molar-refractivity contribution in [3.8, 4) is 0 Å². The highest BCUT2D eigenvalue weighted by atomic mass is 16.6. The third-order valence-electron chi connectivity index (χ3n) is 9.61. The largest absolute Gasteiger partial charge is 0.544 e. The monoisotopic (exact) mass is 798 g/mol. The normalized spacial score (nSPS) is 13.6. The molecule has 0 rings (SSSR count). The summed E-state index contributed by atoms with van der Waals surface area (Å²) < 4.78 is 17.0. The van der Waals surface area contributed by atoms with Crippen molar-refractivity contribution in [1.82, 2.24) is 0 Å². The van der Waals surface area contributed by atoms with Crippen molar-refractivity contribution in [1.29, 1.82) is 0 Å². The van der Waals surface area contributed by atoms with Gasteiger partial charge in [0, 0.05) is 12.8 Å². The van der Waals surface area contributed by atoms with Gasteiger partial charge in [-0.2, -0.15) is 0 Å². The average molecular weight is 798 g/mol. The molecule has 0 bridgehead atoms. The van der Waals surface area contributed by atoms with Crippen LogP contribution in [0.3, 0.4) is 0 Å². The van der Waals surface area contributed by atoms with Crippen LogP contribution in [0.5, 0.6) is 0 Å². The van der Waals surface area contributed by atoms with Crippen LogP contribution in [0, 0.1) is 0 Å². The fourth-order valence-corrected chi connectivity index (χ4v) is 6.14. The number of ether oxygens (including phenoxy) is 3. The van der Waals surface area contributed by atoms with E-state index in [1.165, 1.54) is 83.5 Å². The molecule has 0 aromatic heterocycles. The van der Waals surface area contributed by atoms with Crippen molar-refractivity contribution in [3.63, 3.8) is 0 Å².